The highest BCUT2D eigenvalue weighted by Crippen LogP contribution is 2.30. The van der Waals surface area contributed by atoms with Crippen molar-refractivity contribution in [1.82, 2.24) is 15.6 Å². The van der Waals surface area contributed by atoms with Crippen LogP contribution in [0.15, 0.2) is 47.6 Å². The maximum Gasteiger partial charge on any atom is 0.191 e. The monoisotopic (exact) mass is 577 g/mol. The number of H-pyrrole nitrogens is 1. The molecule has 34 heavy (non-hydrogen) atoms. The predicted octanol–water partition coefficient (Wildman–Crippen LogP) is 4.49. The zero-order chi connectivity index (χ0) is 23.2. The molecule has 0 bridgehead atoms. The molecule has 0 spiro atoms. The van der Waals surface area contributed by atoms with Crippen LogP contribution >= 0.6 is 24.0 Å². The van der Waals surface area contributed by atoms with E-state index in [9.17, 15) is 0 Å². The third-order valence-corrected chi connectivity index (χ3v) is 6.46. The average molecular weight is 578 g/mol. The van der Waals surface area contributed by atoms with E-state index in [0.29, 0.717) is 6.04 Å². The van der Waals surface area contributed by atoms with Gasteiger partial charge in [-0.3, -0.25) is 4.99 Å². The zero-order valence-corrected chi connectivity index (χ0v) is 22.8. The molecule has 0 amide bonds. The van der Waals surface area contributed by atoms with Gasteiger partial charge < -0.3 is 30.0 Å². The predicted molar refractivity (Wildman–Crippen MR) is 151 cm³/mol. The number of aryl methyl sites for hydroxylation is 1. The Kier molecular flexibility index (Phi) is 9.32. The van der Waals surface area contributed by atoms with Crippen molar-refractivity contribution >= 4 is 46.5 Å². The number of aromatic nitrogens is 1. The minimum Gasteiger partial charge on any atom is -0.497 e. The van der Waals surface area contributed by atoms with Crippen LogP contribution in [-0.2, 0) is 6.42 Å². The van der Waals surface area contributed by atoms with Crippen molar-refractivity contribution in [2.75, 3.05) is 45.8 Å². The van der Waals surface area contributed by atoms with Gasteiger partial charge in [0.15, 0.2) is 5.96 Å². The first-order chi connectivity index (χ1) is 16.1. The Hall–Kier alpha value is -2.62. The highest BCUT2D eigenvalue weighted by molar-refractivity contribution is 14.0. The van der Waals surface area contributed by atoms with Gasteiger partial charge in [-0.05, 0) is 37.3 Å². The van der Waals surface area contributed by atoms with Crippen LogP contribution in [0.1, 0.15) is 24.0 Å². The first-order valence-electron chi connectivity index (χ1n) is 11.6. The zero-order valence-electron chi connectivity index (χ0n) is 20.5. The minimum absolute atomic E-state index is 0. The van der Waals surface area contributed by atoms with Crippen LogP contribution in [0.25, 0.3) is 10.9 Å². The van der Waals surface area contributed by atoms with E-state index in [0.717, 1.165) is 62.0 Å². The minimum atomic E-state index is 0. The van der Waals surface area contributed by atoms with Gasteiger partial charge in [0.05, 0.1) is 14.2 Å². The van der Waals surface area contributed by atoms with E-state index < -0.39 is 0 Å². The van der Waals surface area contributed by atoms with Crippen molar-refractivity contribution in [3.63, 3.8) is 0 Å². The van der Waals surface area contributed by atoms with Gasteiger partial charge in [0.25, 0.3) is 0 Å². The molecule has 1 aliphatic heterocycles. The molecule has 0 unspecified atom stereocenters. The molecule has 8 heteroatoms. The Morgan fingerprint density at radius 2 is 1.82 bits per heavy atom. The molecule has 0 aliphatic carbocycles. The number of halogens is 1. The van der Waals surface area contributed by atoms with E-state index in [4.69, 9.17) is 9.47 Å². The Bertz CT molecular complexity index is 1080. The number of guanidine groups is 1. The Morgan fingerprint density at radius 3 is 2.47 bits per heavy atom. The second kappa shape index (κ2) is 12.2. The number of para-hydroxylation sites is 1. The quantitative estimate of drug-likeness (QED) is 0.219. The molecule has 2 aromatic carbocycles. The van der Waals surface area contributed by atoms with Crippen LogP contribution in [-0.4, -0.2) is 57.9 Å². The first kappa shape index (κ1) is 26.0. The van der Waals surface area contributed by atoms with Gasteiger partial charge in [0.1, 0.15) is 11.5 Å². The lowest BCUT2D eigenvalue weighted by Gasteiger charge is -2.34. The molecule has 184 valence electrons. The standard InChI is InChI=1S/C26H35N5O2.HI/c1-18-6-5-7-24-19(17-29-25(18)24)8-11-28-26(27-2)30-20-9-12-31(13-10-20)21-14-22(32-3)16-23(15-21)33-4;/h5-7,14-17,20,29H,8-13H2,1-4H3,(H2,27,28,30);1H. The fourth-order valence-electron chi connectivity index (χ4n) is 4.53. The number of nitrogens with zero attached hydrogens (tertiary/aromatic N) is 2. The number of methoxy groups -OCH3 is 2. The Morgan fingerprint density at radius 1 is 1.12 bits per heavy atom. The van der Waals surface area contributed by atoms with Crippen molar-refractivity contribution in [2.45, 2.75) is 32.2 Å². The molecule has 0 saturated carbocycles. The lowest BCUT2D eigenvalue weighted by atomic mass is 10.0. The maximum atomic E-state index is 5.43. The number of rotatable bonds is 7. The highest BCUT2D eigenvalue weighted by atomic mass is 127. The van der Waals surface area contributed by atoms with Crippen molar-refractivity contribution < 1.29 is 9.47 Å². The fraction of sp³-hybridized carbons (Fsp3) is 0.423. The van der Waals surface area contributed by atoms with Crippen LogP contribution in [0.5, 0.6) is 11.5 Å². The number of anilines is 1. The number of aromatic amines is 1. The van der Waals surface area contributed by atoms with Crippen LogP contribution in [0, 0.1) is 6.92 Å². The molecule has 1 fully saturated rings. The number of nitrogens with one attached hydrogen (secondary N) is 3. The summed E-state index contributed by atoms with van der Waals surface area (Å²) >= 11 is 0. The molecule has 2 heterocycles. The second-order valence-electron chi connectivity index (χ2n) is 8.54. The summed E-state index contributed by atoms with van der Waals surface area (Å²) in [6.07, 6.45) is 5.16. The van der Waals surface area contributed by atoms with Gasteiger partial charge in [-0.25, -0.2) is 0 Å². The van der Waals surface area contributed by atoms with E-state index in [1.807, 2.05) is 13.1 Å². The third kappa shape index (κ3) is 6.08. The van der Waals surface area contributed by atoms with E-state index in [2.05, 4.69) is 69.0 Å². The molecule has 0 atom stereocenters. The third-order valence-electron chi connectivity index (χ3n) is 6.46. The highest BCUT2D eigenvalue weighted by Gasteiger charge is 2.21. The normalized spacial score (nSPS) is 14.6. The lowest BCUT2D eigenvalue weighted by Crippen LogP contribution is -2.49. The Balaban J connectivity index is 0.00000324. The number of hydrogen-bond donors (Lipinski definition) is 3. The number of benzene rings is 2. The molecule has 0 radical (unpaired) electrons. The van der Waals surface area contributed by atoms with Gasteiger partial charge in [-0.1, -0.05) is 18.2 Å². The second-order valence-corrected chi connectivity index (χ2v) is 8.54. The van der Waals surface area contributed by atoms with Gasteiger partial charge in [-0.15, -0.1) is 24.0 Å². The molecule has 4 rings (SSSR count). The van der Waals surface area contributed by atoms with Crippen LogP contribution < -0.4 is 25.0 Å². The number of aliphatic imine (C=N–C) groups is 1. The molecule has 1 aromatic heterocycles. The molecule has 7 nitrogen and oxygen atoms in total. The summed E-state index contributed by atoms with van der Waals surface area (Å²) in [5.74, 6) is 2.51. The molecular weight excluding hydrogens is 541 g/mol. The van der Waals surface area contributed by atoms with E-state index >= 15 is 0 Å². The maximum absolute atomic E-state index is 5.43. The molecule has 3 N–H and O–H groups in total. The lowest BCUT2D eigenvalue weighted by molar-refractivity contribution is 0.393. The summed E-state index contributed by atoms with van der Waals surface area (Å²) < 4.78 is 10.9. The number of fused-ring (bicyclic) bond motifs is 1. The van der Waals surface area contributed by atoms with Crippen molar-refractivity contribution in [3.8, 4) is 11.5 Å². The molecule has 1 saturated heterocycles. The number of hydrogen-bond acceptors (Lipinski definition) is 4. The van der Waals surface area contributed by atoms with Gasteiger partial charge in [0, 0.05) is 73.7 Å². The van der Waals surface area contributed by atoms with Crippen molar-refractivity contribution in [1.29, 1.82) is 0 Å². The molecular formula is C26H36IN5O2. The summed E-state index contributed by atoms with van der Waals surface area (Å²) in [7, 11) is 5.21. The molecule has 1 aliphatic rings. The number of piperidine rings is 1. The van der Waals surface area contributed by atoms with Gasteiger partial charge in [-0.2, -0.15) is 0 Å². The topological polar surface area (TPSA) is 73.9 Å². The largest absolute Gasteiger partial charge is 0.497 e. The SMILES string of the molecule is CN=C(NCCc1c[nH]c2c(C)cccc12)NC1CCN(c2cc(OC)cc(OC)c2)CC1.I. The van der Waals surface area contributed by atoms with Gasteiger partial charge >= 0.3 is 0 Å². The fourth-order valence-corrected chi connectivity index (χ4v) is 4.53. The number of ether oxygens (including phenoxy) is 2. The Labute approximate surface area is 219 Å². The summed E-state index contributed by atoms with van der Waals surface area (Å²) in [5.41, 5.74) is 4.98. The van der Waals surface area contributed by atoms with Crippen LogP contribution in [0.3, 0.4) is 0 Å². The summed E-state index contributed by atoms with van der Waals surface area (Å²) in [6.45, 7) is 4.92. The van der Waals surface area contributed by atoms with E-state index in [1.54, 1.807) is 14.2 Å². The van der Waals surface area contributed by atoms with Crippen molar-refractivity contribution in [2.24, 2.45) is 4.99 Å². The van der Waals surface area contributed by atoms with Crippen LogP contribution in [0.4, 0.5) is 5.69 Å². The summed E-state index contributed by atoms with van der Waals surface area (Å²) in [4.78, 5) is 10.2. The molecule has 3 aromatic rings. The van der Waals surface area contributed by atoms with E-state index in [1.165, 1.54) is 22.0 Å². The first-order valence-corrected chi connectivity index (χ1v) is 11.6. The van der Waals surface area contributed by atoms with Crippen LogP contribution in [0.2, 0.25) is 0 Å². The average Bonchev–Trinajstić information content (AvgIpc) is 3.27. The summed E-state index contributed by atoms with van der Waals surface area (Å²) in [5, 5.41) is 8.40. The smallest absolute Gasteiger partial charge is 0.191 e. The summed E-state index contributed by atoms with van der Waals surface area (Å²) in [6, 6.07) is 12.9. The van der Waals surface area contributed by atoms with Crippen molar-refractivity contribution in [3.05, 3.63) is 53.7 Å². The van der Waals surface area contributed by atoms with Gasteiger partial charge in [0.2, 0.25) is 0 Å². The van der Waals surface area contributed by atoms with E-state index in [-0.39, 0.29) is 24.0 Å².